The maximum absolute atomic E-state index is 12.0. The molecule has 0 radical (unpaired) electrons. The van der Waals surface area contributed by atoms with Crippen LogP contribution in [0.25, 0.3) is 0 Å². The van der Waals surface area contributed by atoms with Gasteiger partial charge in [-0.05, 0) is 19.4 Å². The van der Waals surface area contributed by atoms with Crippen molar-refractivity contribution in [2.24, 2.45) is 0 Å². The lowest BCUT2D eigenvalue weighted by molar-refractivity contribution is 0.0755. The van der Waals surface area contributed by atoms with Gasteiger partial charge in [-0.15, -0.1) is 11.3 Å². The van der Waals surface area contributed by atoms with Crippen molar-refractivity contribution < 1.29 is 9.90 Å². The molecule has 90 valence electrons. The molecule has 1 aromatic rings. The van der Waals surface area contributed by atoms with Crippen LogP contribution in [0.15, 0.2) is 6.07 Å². The zero-order valence-corrected chi connectivity index (χ0v) is 11.2. The Balaban J connectivity index is 2.78. The van der Waals surface area contributed by atoms with E-state index < -0.39 is 0 Å². The normalized spacial score (nSPS) is 10.5. The van der Waals surface area contributed by atoms with Crippen molar-refractivity contribution >= 4 is 40.4 Å². The predicted octanol–water partition coefficient (Wildman–Crippen LogP) is 2.90. The summed E-state index contributed by atoms with van der Waals surface area (Å²) in [7, 11) is 0. The fraction of sp³-hybridized carbons (Fsp3) is 0.500. The average molecular weight is 282 g/mol. The highest BCUT2D eigenvalue weighted by molar-refractivity contribution is 7.20. The van der Waals surface area contributed by atoms with Gasteiger partial charge in [0, 0.05) is 19.7 Å². The monoisotopic (exact) mass is 281 g/mol. The highest BCUT2D eigenvalue weighted by atomic mass is 35.5. The number of amides is 1. The number of thiophene rings is 1. The molecule has 0 aromatic carbocycles. The molecule has 0 saturated carbocycles. The lowest BCUT2D eigenvalue weighted by Crippen LogP contribution is -2.32. The molecule has 1 amide bonds. The van der Waals surface area contributed by atoms with E-state index in [1.165, 1.54) is 11.3 Å². The molecular weight excluding hydrogens is 269 g/mol. The Morgan fingerprint density at radius 2 is 2.25 bits per heavy atom. The molecule has 1 heterocycles. The van der Waals surface area contributed by atoms with Gasteiger partial charge >= 0.3 is 0 Å². The van der Waals surface area contributed by atoms with Gasteiger partial charge in [0.1, 0.15) is 4.34 Å². The Morgan fingerprint density at radius 1 is 1.56 bits per heavy atom. The summed E-state index contributed by atoms with van der Waals surface area (Å²) >= 11 is 12.9. The predicted molar refractivity (Wildman–Crippen MR) is 67.6 cm³/mol. The van der Waals surface area contributed by atoms with Gasteiger partial charge in [0.25, 0.3) is 5.91 Å². The summed E-state index contributed by atoms with van der Waals surface area (Å²) in [5.41, 5.74) is 0.441. The lowest BCUT2D eigenvalue weighted by atomic mass is 10.2. The zero-order valence-electron chi connectivity index (χ0n) is 8.87. The fourth-order valence-corrected chi connectivity index (χ4v) is 2.77. The molecule has 3 nitrogen and oxygen atoms in total. The second-order valence-electron chi connectivity index (χ2n) is 3.20. The Morgan fingerprint density at radius 3 is 2.69 bits per heavy atom. The van der Waals surface area contributed by atoms with Crippen molar-refractivity contribution in [3.63, 3.8) is 0 Å². The van der Waals surface area contributed by atoms with Crippen molar-refractivity contribution in [1.29, 1.82) is 0 Å². The summed E-state index contributed by atoms with van der Waals surface area (Å²) in [4.78, 5) is 13.7. The van der Waals surface area contributed by atoms with Gasteiger partial charge in [-0.1, -0.05) is 23.2 Å². The number of aliphatic hydroxyl groups excluding tert-OH is 1. The third-order valence-electron chi connectivity index (χ3n) is 2.14. The molecule has 0 unspecified atom stereocenters. The molecule has 6 heteroatoms. The van der Waals surface area contributed by atoms with E-state index in [-0.39, 0.29) is 12.5 Å². The summed E-state index contributed by atoms with van der Waals surface area (Å²) in [5.74, 6) is -0.135. The number of aliphatic hydroxyl groups is 1. The lowest BCUT2D eigenvalue weighted by Gasteiger charge is -2.19. The minimum Gasteiger partial charge on any atom is -0.396 e. The molecule has 0 fully saturated rings. The van der Waals surface area contributed by atoms with Crippen molar-refractivity contribution in [3.05, 3.63) is 20.3 Å². The number of halogens is 2. The van der Waals surface area contributed by atoms with Gasteiger partial charge in [0.15, 0.2) is 0 Å². The second-order valence-corrected chi connectivity index (χ2v) is 5.49. The van der Waals surface area contributed by atoms with Crippen molar-refractivity contribution in [1.82, 2.24) is 4.90 Å². The first-order chi connectivity index (χ1) is 7.60. The fourth-order valence-electron chi connectivity index (χ4n) is 1.32. The highest BCUT2D eigenvalue weighted by Gasteiger charge is 2.19. The van der Waals surface area contributed by atoms with Crippen LogP contribution in [0.3, 0.4) is 0 Å². The summed E-state index contributed by atoms with van der Waals surface area (Å²) in [6, 6.07) is 1.58. The van der Waals surface area contributed by atoms with Crippen LogP contribution >= 0.6 is 34.5 Å². The summed E-state index contributed by atoms with van der Waals surface area (Å²) in [6.07, 6.45) is 0.565. The molecule has 0 aliphatic carbocycles. The molecule has 16 heavy (non-hydrogen) atoms. The summed E-state index contributed by atoms with van der Waals surface area (Å²) in [5, 5.41) is 8.74. The Labute approximate surface area is 109 Å². The van der Waals surface area contributed by atoms with E-state index in [0.717, 1.165) is 0 Å². The van der Waals surface area contributed by atoms with Gasteiger partial charge in [-0.25, -0.2) is 0 Å². The maximum atomic E-state index is 12.0. The van der Waals surface area contributed by atoms with Crippen LogP contribution in [0.5, 0.6) is 0 Å². The number of nitrogens with zero attached hydrogens (tertiary/aromatic N) is 1. The van der Waals surface area contributed by atoms with Crippen molar-refractivity contribution in [2.75, 3.05) is 19.7 Å². The minimum absolute atomic E-state index is 0.0713. The smallest absolute Gasteiger partial charge is 0.256 e. The summed E-state index contributed by atoms with van der Waals surface area (Å²) in [6.45, 7) is 3.07. The highest BCUT2D eigenvalue weighted by Crippen LogP contribution is 2.31. The molecule has 0 atom stereocenters. The first-order valence-corrected chi connectivity index (χ1v) is 6.52. The van der Waals surface area contributed by atoms with Crippen LogP contribution in [0, 0.1) is 0 Å². The van der Waals surface area contributed by atoms with Crippen LogP contribution in [0.2, 0.25) is 8.67 Å². The molecule has 1 rings (SSSR count). The standard InChI is InChI=1S/C10H13Cl2NO2S/c1-2-13(4-3-5-14)10(15)7-6-8(11)16-9(7)12/h6,14H,2-5H2,1H3. The molecule has 0 bridgehead atoms. The van der Waals surface area contributed by atoms with Crippen LogP contribution < -0.4 is 0 Å². The molecular formula is C10H13Cl2NO2S. The topological polar surface area (TPSA) is 40.5 Å². The van der Waals surface area contributed by atoms with Gasteiger partial charge in [0.05, 0.1) is 9.90 Å². The molecule has 1 aromatic heterocycles. The third kappa shape index (κ3) is 3.35. The number of carbonyl (C=O) groups excluding carboxylic acids is 1. The van der Waals surface area contributed by atoms with E-state index in [1.807, 2.05) is 6.92 Å². The first kappa shape index (κ1) is 13.8. The van der Waals surface area contributed by atoms with Crippen molar-refractivity contribution in [2.45, 2.75) is 13.3 Å². The number of carbonyl (C=O) groups is 1. The quantitative estimate of drug-likeness (QED) is 0.902. The zero-order chi connectivity index (χ0) is 12.1. The van der Waals surface area contributed by atoms with Gasteiger partial charge < -0.3 is 10.0 Å². The number of rotatable bonds is 5. The van der Waals surface area contributed by atoms with Crippen LogP contribution in [0.4, 0.5) is 0 Å². The van der Waals surface area contributed by atoms with Gasteiger partial charge in [-0.3, -0.25) is 4.79 Å². The van der Waals surface area contributed by atoms with E-state index >= 15 is 0 Å². The van der Waals surface area contributed by atoms with E-state index in [2.05, 4.69) is 0 Å². The van der Waals surface area contributed by atoms with E-state index in [9.17, 15) is 4.79 Å². The second kappa shape index (κ2) is 6.45. The molecule has 0 aliphatic rings. The summed E-state index contributed by atoms with van der Waals surface area (Å²) < 4.78 is 0.920. The van der Waals surface area contributed by atoms with E-state index in [1.54, 1.807) is 11.0 Å². The van der Waals surface area contributed by atoms with Crippen molar-refractivity contribution in [3.8, 4) is 0 Å². The van der Waals surface area contributed by atoms with Crippen LogP contribution in [-0.2, 0) is 0 Å². The van der Waals surface area contributed by atoms with Gasteiger partial charge in [0.2, 0.25) is 0 Å². The number of hydrogen-bond donors (Lipinski definition) is 1. The maximum Gasteiger partial charge on any atom is 0.256 e. The van der Waals surface area contributed by atoms with E-state index in [4.69, 9.17) is 28.3 Å². The molecule has 0 spiro atoms. The SMILES string of the molecule is CCN(CCCO)C(=O)c1cc(Cl)sc1Cl. The molecule has 0 aliphatic heterocycles. The molecule has 0 saturated heterocycles. The Kier molecular flexibility index (Phi) is 5.55. The van der Waals surface area contributed by atoms with E-state index in [0.29, 0.717) is 33.7 Å². The largest absolute Gasteiger partial charge is 0.396 e. The van der Waals surface area contributed by atoms with Gasteiger partial charge in [-0.2, -0.15) is 0 Å². The van der Waals surface area contributed by atoms with Crippen LogP contribution in [0.1, 0.15) is 23.7 Å². The third-order valence-corrected chi connectivity index (χ3v) is 3.63. The Bertz CT molecular complexity index is 368. The first-order valence-electron chi connectivity index (χ1n) is 4.95. The molecule has 1 N–H and O–H groups in total. The number of hydrogen-bond acceptors (Lipinski definition) is 3. The Hall–Kier alpha value is -0.290. The van der Waals surface area contributed by atoms with Crippen LogP contribution in [-0.4, -0.2) is 35.6 Å². The average Bonchev–Trinajstić information content (AvgIpc) is 2.58. The minimum atomic E-state index is -0.135.